The molecule has 39 heavy (non-hydrogen) atoms. The van der Waals surface area contributed by atoms with Gasteiger partial charge in [-0.1, -0.05) is 61.5 Å². The Labute approximate surface area is 229 Å². The number of aromatic nitrogens is 1. The fourth-order valence-electron chi connectivity index (χ4n) is 5.31. The van der Waals surface area contributed by atoms with Gasteiger partial charge in [0.25, 0.3) is 0 Å². The van der Waals surface area contributed by atoms with Crippen molar-refractivity contribution in [3.8, 4) is 11.3 Å². The van der Waals surface area contributed by atoms with Gasteiger partial charge in [0.15, 0.2) is 0 Å². The molecular formula is C32H36F2N4O. The zero-order valence-electron chi connectivity index (χ0n) is 22.5. The van der Waals surface area contributed by atoms with Crippen LogP contribution in [0.3, 0.4) is 0 Å². The summed E-state index contributed by atoms with van der Waals surface area (Å²) in [5, 5.41) is 3.49. The smallest absolute Gasteiger partial charge is 0.208 e. The Morgan fingerprint density at radius 1 is 0.872 bits per heavy atom. The van der Waals surface area contributed by atoms with Gasteiger partial charge in [0.2, 0.25) is 5.89 Å². The second-order valence-corrected chi connectivity index (χ2v) is 10.1. The van der Waals surface area contributed by atoms with Crippen molar-refractivity contribution in [2.24, 2.45) is 0 Å². The van der Waals surface area contributed by atoms with Crippen LogP contribution in [0.2, 0.25) is 0 Å². The highest BCUT2D eigenvalue weighted by Gasteiger charge is 2.26. The van der Waals surface area contributed by atoms with Gasteiger partial charge in [-0.25, -0.2) is 13.8 Å². The third-order valence-electron chi connectivity index (χ3n) is 7.27. The first-order valence-electron chi connectivity index (χ1n) is 13.8. The lowest BCUT2D eigenvalue weighted by atomic mass is 9.96. The van der Waals surface area contributed by atoms with E-state index in [1.165, 1.54) is 18.2 Å². The quantitative estimate of drug-likeness (QED) is 0.239. The van der Waals surface area contributed by atoms with Crippen molar-refractivity contribution in [3.63, 3.8) is 0 Å². The van der Waals surface area contributed by atoms with Crippen LogP contribution in [0, 0.1) is 11.6 Å². The molecule has 1 fully saturated rings. The molecule has 0 spiro atoms. The summed E-state index contributed by atoms with van der Waals surface area (Å²) in [6, 6.07) is 23.4. The van der Waals surface area contributed by atoms with Gasteiger partial charge in [0.05, 0.1) is 12.6 Å². The molecule has 0 aliphatic carbocycles. The molecule has 3 aromatic carbocycles. The third kappa shape index (κ3) is 6.98. The van der Waals surface area contributed by atoms with Crippen molar-refractivity contribution in [2.75, 3.05) is 39.3 Å². The van der Waals surface area contributed by atoms with Crippen molar-refractivity contribution in [3.05, 3.63) is 113 Å². The maximum absolute atomic E-state index is 14.1. The predicted molar refractivity (Wildman–Crippen MR) is 150 cm³/mol. The summed E-state index contributed by atoms with van der Waals surface area (Å²) in [5.41, 5.74) is 3.89. The highest BCUT2D eigenvalue weighted by molar-refractivity contribution is 5.61. The van der Waals surface area contributed by atoms with Crippen LogP contribution in [0.4, 0.5) is 8.78 Å². The van der Waals surface area contributed by atoms with E-state index in [4.69, 9.17) is 9.40 Å². The van der Waals surface area contributed by atoms with Gasteiger partial charge in [-0.3, -0.25) is 9.80 Å². The Bertz CT molecular complexity index is 1320. The normalized spacial score (nSPS) is 15.5. The van der Waals surface area contributed by atoms with E-state index in [-0.39, 0.29) is 17.7 Å². The Balaban J connectivity index is 1.14. The number of hydrogen-bond acceptors (Lipinski definition) is 5. The molecule has 1 aromatic heterocycles. The second kappa shape index (κ2) is 13.1. The van der Waals surface area contributed by atoms with E-state index >= 15 is 0 Å². The molecule has 1 saturated heterocycles. The average molecular weight is 531 g/mol. The van der Waals surface area contributed by atoms with E-state index in [0.717, 1.165) is 86.1 Å². The Hall–Kier alpha value is -3.39. The Morgan fingerprint density at radius 3 is 2.36 bits per heavy atom. The van der Waals surface area contributed by atoms with Crippen molar-refractivity contribution in [1.82, 2.24) is 20.1 Å². The van der Waals surface area contributed by atoms with Gasteiger partial charge in [0, 0.05) is 51.3 Å². The zero-order valence-corrected chi connectivity index (χ0v) is 22.5. The lowest BCUT2D eigenvalue weighted by Gasteiger charge is -2.39. The van der Waals surface area contributed by atoms with Crippen LogP contribution >= 0.6 is 0 Å². The molecule has 204 valence electrons. The SMILES string of the molecule is CCCc1oc(CNCCN2CCN(C(c3ccc(F)cc3)c3cccc(F)c3)CC2)nc1-c1ccccc1. The summed E-state index contributed by atoms with van der Waals surface area (Å²) < 4.78 is 33.8. The van der Waals surface area contributed by atoms with Gasteiger partial charge < -0.3 is 9.73 Å². The molecule has 0 saturated carbocycles. The number of rotatable bonds is 11. The molecule has 0 amide bonds. The summed E-state index contributed by atoms with van der Waals surface area (Å²) in [4.78, 5) is 9.58. The maximum Gasteiger partial charge on any atom is 0.208 e. The lowest BCUT2D eigenvalue weighted by molar-refractivity contribution is 0.110. The number of piperazine rings is 1. The molecule has 0 radical (unpaired) electrons. The van der Waals surface area contributed by atoms with Crippen LogP contribution < -0.4 is 5.32 Å². The fourth-order valence-corrected chi connectivity index (χ4v) is 5.31. The van der Waals surface area contributed by atoms with Crippen molar-refractivity contribution in [2.45, 2.75) is 32.4 Å². The van der Waals surface area contributed by atoms with Crippen molar-refractivity contribution >= 4 is 0 Å². The highest BCUT2D eigenvalue weighted by atomic mass is 19.1. The molecular weight excluding hydrogens is 494 g/mol. The summed E-state index contributed by atoms with van der Waals surface area (Å²) in [6.07, 6.45) is 1.88. The van der Waals surface area contributed by atoms with Crippen LogP contribution in [-0.4, -0.2) is 54.1 Å². The number of halogens is 2. The van der Waals surface area contributed by atoms with E-state index in [2.05, 4.69) is 34.2 Å². The molecule has 1 N–H and O–H groups in total. The summed E-state index contributed by atoms with van der Waals surface area (Å²) in [7, 11) is 0. The number of aryl methyl sites for hydroxylation is 1. The van der Waals surface area contributed by atoms with Gasteiger partial charge in [-0.15, -0.1) is 0 Å². The van der Waals surface area contributed by atoms with E-state index in [1.807, 2.05) is 24.3 Å². The van der Waals surface area contributed by atoms with E-state index in [0.29, 0.717) is 6.54 Å². The van der Waals surface area contributed by atoms with Crippen molar-refractivity contribution < 1.29 is 13.2 Å². The summed E-state index contributed by atoms with van der Waals surface area (Å²) >= 11 is 0. The molecule has 7 heteroatoms. The largest absolute Gasteiger partial charge is 0.444 e. The van der Waals surface area contributed by atoms with E-state index < -0.39 is 0 Å². The molecule has 4 aromatic rings. The van der Waals surface area contributed by atoms with Crippen LogP contribution in [-0.2, 0) is 13.0 Å². The van der Waals surface area contributed by atoms with Gasteiger partial charge in [-0.2, -0.15) is 0 Å². The zero-order chi connectivity index (χ0) is 27.0. The number of oxazole rings is 1. The van der Waals surface area contributed by atoms with Crippen molar-refractivity contribution in [1.29, 1.82) is 0 Å². The number of benzene rings is 3. The number of nitrogens with one attached hydrogen (secondary N) is 1. The summed E-state index contributed by atoms with van der Waals surface area (Å²) in [6.45, 7) is 8.00. The van der Waals surface area contributed by atoms with Gasteiger partial charge in [0.1, 0.15) is 23.1 Å². The Morgan fingerprint density at radius 2 is 1.64 bits per heavy atom. The van der Waals surface area contributed by atoms with Gasteiger partial charge in [-0.05, 0) is 41.8 Å². The van der Waals surface area contributed by atoms with Crippen LogP contribution in [0.25, 0.3) is 11.3 Å². The Kier molecular flexibility index (Phi) is 9.14. The number of nitrogens with zero attached hydrogens (tertiary/aromatic N) is 3. The minimum absolute atomic E-state index is 0.109. The highest BCUT2D eigenvalue weighted by Crippen LogP contribution is 2.30. The fraction of sp³-hybridized carbons (Fsp3) is 0.344. The molecule has 1 atom stereocenters. The maximum atomic E-state index is 14.1. The summed E-state index contributed by atoms with van der Waals surface area (Å²) in [5.74, 6) is 1.15. The minimum Gasteiger partial charge on any atom is -0.444 e. The molecule has 5 nitrogen and oxygen atoms in total. The molecule has 2 heterocycles. The topological polar surface area (TPSA) is 44.5 Å². The van der Waals surface area contributed by atoms with Crippen LogP contribution in [0.15, 0.2) is 83.3 Å². The molecule has 1 unspecified atom stereocenters. The average Bonchev–Trinajstić information content (AvgIpc) is 3.36. The van der Waals surface area contributed by atoms with E-state index in [9.17, 15) is 8.78 Å². The lowest BCUT2D eigenvalue weighted by Crippen LogP contribution is -2.49. The molecule has 1 aliphatic heterocycles. The van der Waals surface area contributed by atoms with E-state index in [1.54, 1.807) is 24.3 Å². The predicted octanol–water partition coefficient (Wildman–Crippen LogP) is 6.07. The first-order chi connectivity index (χ1) is 19.1. The van der Waals surface area contributed by atoms with Crippen LogP contribution in [0.1, 0.15) is 42.2 Å². The first kappa shape index (κ1) is 27.2. The standard InChI is InChI=1S/C32H36F2N4O/c1-2-7-29-31(24-8-4-3-5-9-24)36-30(39-29)23-35-16-17-37-18-20-38(21-19-37)32(25-12-14-27(33)15-13-25)26-10-6-11-28(34)22-26/h3-6,8-15,22,32,35H,2,7,16-21,23H2,1H3. The monoisotopic (exact) mass is 530 g/mol. The van der Waals surface area contributed by atoms with Crippen LogP contribution in [0.5, 0.6) is 0 Å². The van der Waals surface area contributed by atoms with Gasteiger partial charge >= 0.3 is 0 Å². The third-order valence-corrected chi connectivity index (χ3v) is 7.27. The second-order valence-electron chi connectivity index (χ2n) is 10.1. The number of hydrogen-bond donors (Lipinski definition) is 1. The first-order valence-corrected chi connectivity index (χ1v) is 13.8. The minimum atomic E-state index is -0.267. The molecule has 0 bridgehead atoms. The molecule has 5 rings (SSSR count). The molecule has 1 aliphatic rings.